The van der Waals surface area contributed by atoms with Gasteiger partial charge in [0.15, 0.2) is 0 Å². The average molecular weight is 333 g/mol. The minimum atomic E-state index is -0.396. The van der Waals surface area contributed by atoms with Gasteiger partial charge in [0.25, 0.3) is 0 Å². The topological polar surface area (TPSA) is 55.1 Å². The van der Waals surface area contributed by atoms with Crippen LogP contribution in [-0.2, 0) is 6.54 Å². The third kappa shape index (κ3) is 3.92. The van der Waals surface area contributed by atoms with Crippen LogP contribution in [0.4, 0.5) is 0 Å². The van der Waals surface area contributed by atoms with E-state index in [1.54, 1.807) is 12.1 Å². The van der Waals surface area contributed by atoms with Crippen LogP contribution in [0.2, 0.25) is 0 Å². The molecule has 2 aromatic rings. The normalized spacial score (nSPS) is 12.1. The van der Waals surface area contributed by atoms with Crippen molar-refractivity contribution < 1.29 is 4.79 Å². The largest absolute Gasteiger partial charge is 0.366 e. The highest BCUT2D eigenvalue weighted by atomic mass is 79.9. The molecule has 3 N–H and O–H groups in total. The summed E-state index contributed by atoms with van der Waals surface area (Å²) in [6.45, 7) is 2.87. The Labute approximate surface area is 127 Å². The van der Waals surface area contributed by atoms with E-state index < -0.39 is 5.91 Å². The number of nitrogens with one attached hydrogen (secondary N) is 1. The van der Waals surface area contributed by atoms with Gasteiger partial charge >= 0.3 is 0 Å². The lowest BCUT2D eigenvalue weighted by Crippen LogP contribution is -2.18. The van der Waals surface area contributed by atoms with Crippen molar-refractivity contribution in [3.05, 3.63) is 69.7 Å². The third-order valence-corrected chi connectivity index (χ3v) is 3.75. The number of nitrogens with two attached hydrogens (primary N) is 1. The van der Waals surface area contributed by atoms with E-state index in [0.29, 0.717) is 5.56 Å². The van der Waals surface area contributed by atoms with E-state index in [4.69, 9.17) is 5.73 Å². The minimum Gasteiger partial charge on any atom is -0.366 e. The molecule has 0 aliphatic heterocycles. The lowest BCUT2D eigenvalue weighted by atomic mass is 10.1. The molecule has 0 aromatic heterocycles. The van der Waals surface area contributed by atoms with Crippen molar-refractivity contribution in [1.82, 2.24) is 5.32 Å². The standard InChI is InChI=1S/C16H17BrN2O/c1-11(13-6-8-15(17)9-7-13)19-10-12-2-4-14(5-3-12)16(18)20/h2-9,11,19H,10H2,1H3,(H2,18,20)/t11-/m1/s1. The van der Waals surface area contributed by atoms with E-state index in [1.807, 2.05) is 24.3 Å². The molecule has 0 radical (unpaired) electrons. The molecular formula is C16H17BrN2O. The fourth-order valence-corrected chi connectivity index (χ4v) is 2.19. The minimum absolute atomic E-state index is 0.263. The predicted molar refractivity (Wildman–Crippen MR) is 84.4 cm³/mol. The molecule has 1 atom stereocenters. The second-order valence-electron chi connectivity index (χ2n) is 4.72. The van der Waals surface area contributed by atoms with Gasteiger partial charge in [0.05, 0.1) is 0 Å². The molecule has 0 fully saturated rings. The Morgan fingerprint density at radius 3 is 2.30 bits per heavy atom. The van der Waals surface area contributed by atoms with E-state index in [2.05, 4.69) is 40.3 Å². The van der Waals surface area contributed by atoms with Crippen LogP contribution < -0.4 is 11.1 Å². The lowest BCUT2D eigenvalue weighted by Gasteiger charge is -2.14. The van der Waals surface area contributed by atoms with Crippen LogP contribution >= 0.6 is 15.9 Å². The summed E-state index contributed by atoms with van der Waals surface area (Å²) in [6, 6.07) is 15.9. The summed E-state index contributed by atoms with van der Waals surface area (Å²) >= 11 is 3.43. The fourth-order valence-electron chi connectivity index (χ4n) is 1.93. The molecule has 0 saturated carbocycles. The number of benzene rings is 2. The van der Waals surface area contributed by atoms with Crippen molar-refractivity contribution in [2.24, 2.45) is 5.73 Å². The Kier molecular flexibility index (Phi) is 4.93. The molecule has 4 heteroatoms. The molecule has 0 unspecified atom stereocenters. The second kappa shape index (κ2) is 6.68. The molecule has 0 aliphatic carbocycles. The highest BCUT2D eigenvalue weighted by Gasteiger charge is 2.05. The molecule has 20 heavy (non-hydrogen) atoms. The number of carbonyl (C=O) groups is 1. The van der Waals surface area contributed by atoms with Crippen molar-refractivity contribution in [2.75, 3.05) is 0 Å². The number of hydrogen-bond acceptors (Lipinski definition) is 2. The molecule has 0 spiro atoms. The maximum atomic E-state index is 11.0. The highest BCUT2D eigenvalue weighted by Crippen LogP contribution is 2.17. The van der Waals surface area contributed by atoms with E-state index in [-0.39, 0.29) is 6.04 Å². The van der Waals surface area contributed by atoms with E-state index in [9.17, 15) is 4.79 Å². The van der Waals surface area contributed by atoms with Gasteiger partial charge in [0.2, 0.25) is 5.91 Å². The first-order chi connectivity index (χ1) is 9.56. The first-order valence-corrected chi connectivity index (χ1v) is 7.23. The lowest BCUT2D eigenvalue weighted by molar-refractivity contribution is 0.100. The van der Waals surface area contributed by atoms with Crippen molar-refractivity contribution in [1.29, 1.82) is 0 Å². The van der Waals surface area contributed by atoms with Crippen LogP contribution in [0, 0.1) is 0 Å². The molecule has 1 amide bonds. The zero-order valence-electron chi connectivity index (χ0n) is 11.3. The Morgan fingerprint density at radius 2 is 1.75 bits per heavy atom. The molecule has 0 bridgehead atoms. The van der Waals surface area contributed by atoms with Crippen LogP contribution in [0.5, 0.6) is 0 Å². The highest BCUT2D eigenvalue weighted by molar-refractivity contribution is 9.10. The molecular weight excluding hydrogens is 316 g/mol. The first kappa shape index (κ1) is 14.8. The number of rotatable bonds is 5. The molecule has 0 heterocycles. The number of carbonyl (C=O) groups excluding carboxylic acids is 1. The van der Waals surface area contributed by atoms with Gasteiger partial charge in [0, 0.05) is 22.6 Å². The summed E-state index contributed by atoms with van der Waals surface area (Å²) in [7, 11) is 0. The molecule has 104 valence electrons. The zero-order chi connectivity index (χ0) is 14.5. The summed E-state index contributed by atoms with van der Waals surface area (Å²) in [5.74, 6) is -0.396. The SMILES string of the molecule is C[C@@H](NCc1ccc(C(N)=O)cc1)c1ccc(Br)cc1. The number of hydrogen-bond donors (Lipinski definition) is 2. The van der Waals surface area contributed by atoms with E-state index >= 15 is 0 Å². The fraction of sp³-hybridized carbons (Fsp3) is 0.188. The van der Waals surface area contributed by atoms with E-state index in [1.165, 1.54) is 5.56 Å². The number of amides is 1. The number of halogens is 1. The summed E-state index contributed by atoms with van der Waals surface area (Å²) in [5.41, 5.74) is 8.11. The molecule has 2 rings (SSSR count). The molecule has 3 nitrogen and oxygen atoms in total. The van der Waals surface area contributed by atoms with Crippen molar-refractivity contribution in [3.8, 4) is 0 Å². The van der Waals surface area contributed by atoms with Crippen molar-refractivity contribution >= 4 is 21.8 Å². The Balaban J connectivity index is 1.94. The van der Waals surface area contributed by atoms with Crippen molar-refractivity contribution in [2.45, 2.75) is 19.5 Å². The summed E-state index contributed by atoms with van der Waals surface area (Å²) in [6.07, 6.45) is 0. The molecule has 2 aromatic carbocycles. The van der Waals surface area contributed by atoms with Crippen LogP contribution in [0.3, 0.4) is 0 Å². The van der Waals surface area contributed by atoms with Crippen LogP contribution in [0.15, 0.2) is 53.0 Å². The molecule has 0 saturated heterocycles. The summed E-state index contributed by atoms with van der Waals surface area (Å²) in [4.78, 5) is 11.0. The maximum absolute atomic E-state index is 11.0. The van der Waals surface area contributed by atoms with Gasteiger partial charge in [-0.1, -0.05) is 40.2 Å². The maximum Gasteiger partial charge on any atom is 0.248 e. The van der Waals surface area contributed by atoms with Crippen molar-refractivity contribution in [3.63, 3.8) is 0 Å². The predicted octanol–water partition coefficient (Wildman–Crippen LogP) is 3.40. The first-order valence-electron chi connectivity index (χ1n) is 6.44. The van der Waals surface area contributed by atoms with Crippen LogP contribution in [-0.4, -0.2) is 5.91 Å². The van der Waals surface area contributed by atoms with Crippen LogP contribution in [0.1, 0.15) is 34.5 Å². The Hall–Kier alpha value is -1.65. The van der Waals surface area contributed by atoms with Gasteiger partial charge < -0.3 is 11.1 Å². The Bertz CT molecular complexity index is 578. The van der Waals surface area contributed by atoms with Gasteiger partial charge in [-0.05, 0) is 42.3 Å². The quantitative estimate of drug-likeness (QED) is 0.881. The second-order valence-corrected chi connectivity index (χ2v) is 5.63. The molecule has 0 aliphatic rings. The van der Waals surface area contributed by atoms with Gasteiger partial charge in [-0.15, -0.1) is 0 Å². The summed E-state index contributed by atoms with van der Waals surface area (Å²) < 4.78 is 1.08. The summed E-state index contributed by atoms with van der Waals surface area (Å²) in [5, 5.41) is 3.45. The van der Waals surface area contributed by atoms with Gasteiger partial charge in [-0.25, -0.2) is 0 Å². The Morgan fingerprint density at radius 1 is 1.15 bits per heavy atom. The third-order valence-electron chi connectivity index (χ3n) is 3.22. The van der Waals surface area contributed by atoms with Gasteiger partial charge in [-0.2, -0.15) is 0 Å². The van der Waals surface area contributed by atoms with Crippen LogP contribution in [0.25, 0.3) is 0 Å². The average Bonchev–Trinajstić information content (AvgIpc) is 2.46. The van der Waals surface area contributed by atoms with E-state index in [0.717, 1.165) is 16.6 Å². The number of primary amides is 1. The zero-order valence-corrected chi connectivity index (χ0v) is 12.9. The van der Waals surface area contributed by atoms with Gasteiger partial charge in [0.1, 0.15) is 0 Å². The smallest absolute Gasteiger partial charge is 0.248 e. The monoisotopic (exact) mass is 332 g/mol. The van der Waals surface area contributed by atoms with Gasteiger partial charge in [-0.3, -0.25) is 4.79 Å².